The number of aliphatic carboxylic acids is 1. The van der Waals surface area contributed by atoms with E-state index in [9.17, 15) is 23.5 Å². The molecule has 3 N–H and O–H groups in total. The van der Waals surface area contributed by atoms with Gasteiger partial charge < -0.3 is 24.8 Å². The number of halogens is 2. The summed E-state index contributed by atoms with van der Waals surface area (Å²) < 4.78 is 33.5. The van der Waals surface area contributed by atoms with E-state index in [0.717, 1.165) is 30.9 Å². The molecule has 2 aromatic carbocycles. The number of aromatic carboxylic acids is 1. The van der Waals surface area contributed by atoms with Crippen LogP contribution in [0.5, 0.6) is 5.75 Å². The predicted molar refractivity (Wildman–Crippen MR) is 124 cm³/mol. The normalized spacial score (nSPS) is 16.5. The van der Waals surface area contributed by atoms with Crippen molar-refractivity contribution in [2.75, 3.05) is 0 Å². The molecule has 0 radical (unpaired) electrons. The van der Waals surface area contributed by atoms with Crippen LogP contribution in [0.3, 0.4) is 0 Å². The molecule has 1 fully saturated rings. The van der Waals surface area contributed by atoms with Crippen molar-refractivity contribution in [2.45, 2.75) is 51.9 Å². The number of carboxylic acids is 2. The molecule has 0 spiro atoms. The van der Waals surface area contributed by atoms with Gasteiger partial charge in [-0.2, -0.15) is 8.78 Å². The molecule has 3 aromatic rings. The van der Waals surface area contributed by atoms with Gasteiger partial charge in [0, 0.05) is 37.3 Å². The average Bonchev–Trinajstić information content (AvgIpc) is 3.56. The summed E-state index contributed by atoms with van der Waals surface area (Å²) in [5.74, 6) is -2.28. The lowest BCUT2D eigenvalue weighted by atomic mass is 9.96. The van der Waals surface area contributed by atoms with Gasteiger partial charge in [0.15, 0.2) is 5.75 Å². The van der Waals surface area contributed by atoms with Crippen LogP contribution in [0.1, 0.15) is 60.3 Å². The van der Waals surface area contributed by atoms with Gasteiger partial charge >= 0.3 is 12.6 Å². The fourth-order valence-corrected chi connectivity index (χ4v) is 4.37. The molecule has 2 heterocycles. The van der Waals surface area contributed by atoms with Crippen LogP contribution < -0.4 is 15.5 Å². The molecule has 1 aromatic heterocycles. The monoisotopic (exact) mass is 486 g/mol. The number of carboxylic acid groups (broad SMARTS) is 2. The first-order chi connectivity index (χ1) is 16.6. The maximum absolute atomic E-state index is 13.5. The van der Waals surface area contributed by atoms with Crippen molar-refractivity contribution in [3.8, 4) is 16.9 Å². The summed E-state index contributed by atoms with van der Waals surface area (Å²) in [5.41, 5.74) is 2.49. The van der Waals surface area contributed by atoms with E-state index in [-0.39, 0.29) is 34.3 Å². The van der Waals surface area contributed by atoms with Gasteiger partial charge in [0.05, 0.1) is 10.9 Å². The van der Waals surface area contributed by atoms with Crippen LogP contribution >= 0.6 is 0 Å². The molecule has 35 heavy (non-hydrogen) atoms. The number of carbonyl (C=O) groups is 2. The maximum atomic E-state index is 13.5. The number of aromatic nitrogens is 1. The number of nitrogens with zero attached hydrogens (tertiary/aromatic N) is 1. The number of ether oxygens (including phenoxy) is 1. The topological polar surface area (TPSA) is 118 Å². The fourth-order valence-electron chi connectivity index (χ4n) is 4.37. The van der Waals surface area contributed by atoms with Crippen molar-refractivity contribution >= 4 is 22.8 Å². The Kier molecular flexibility index (Phi) is 6.58. The van der Waals surface area contributed by atoms with Crippen molar-refractivity contribution < 1.29 is 33.3 Å². The van der Waals surface area contributed by atoms with Gasteiger partial charge in [0.1, 0.15) is 5.56 Å². The number of benzene rings is 2. The standard InChI is InChI=1S/C23H20F2N2O4.C2H4O2/c1-11-15-5-2-12(8-13(15)9-26-11)16-6-7-17-19(21(16)31-23(24)25)27(14-3-4-14)10-18(20(17)28)22(29)30;1-2(3)4/h2,5-8,10-11,14,23,26H,3-4,9H2,1H3,(H,29,30);1H3,(H,3,4). The van der Waals surface area contributed by atoms with E-state index >= 15 is 0 Å². The minimum absolute atomic E-state index is 0.0541. The summed E-state index contributed by atoms with van der Waals surface area (Å²) in [5, 5.41) is 20.3. The van der Waals surface area contributed by atoms with Crippen LogP contribution in [0.25, 0.3) is 22.0 Å². The smallest absolute Gasteiger partial charge is 0.387 e. The second-order valence-electron chi connectivity index (χ2n) is 8.57. The Balaban J connectivity index is 0.000000672. The quantitative estimate of drug-likeness (QED) is 0.484. The van der Waals surface area contributed by atoms with E-state index in [1.807, 2.05) is 18.2 Å². The molecule has 2 aliphatic rings. The molecule has 1 atom stereocenters. The van der Waals surface area contributed by atoms with Gasteiger partial charge in [-0.05, 0) is 54.7 Å². The average molecular weight is 486 g/mol. The second-order valence-corrected chi connectivity index (χ2v) is 8.57. The molecule has 8 nitrogen and oxygen atoms in total. The fraction of sp³-hybridized carbons (Fsp3) is 0.320. The lowest BCUT2D eigenvalue weighted by molar-refractivity contribution is -0.134. The van der Waals surface area contributed by atoms with E-state index in [0.29, 0.717) is 17.7 Å². The zero-order valence-electron chi connectivity index (χ0n) is 19.0. The van der Waals surface area contributed by atoms with E-state index in [1.54, 1.807) is 10.6 Å². The third-order valence-corrected chi connectivity index (χ3v) is 6.04. The summed E-state index contributed by atoms with van der Waals surface area (Å²) >= 11 is 0. The molecule has 1 unspecified atom stereocenters. The van der Waals surface area contributed by atoms with Crippen molar-refractivity contribution in [1.82, 2.24) is 9.88 Å². The van der Waals surface area contributed by atoms with Gasteiger partial charge in [0.2, 0.25) is 5.43 Å². The number of fused-ring (bicyclic) bond motifs is 2. The zero-order chi connectivity index (χ0) is 25.4. The molecule has 1 aliphatic heterocycles. The highest BCUT2D eigenvalue weighted by Gasteiger charge is 2.30. The van der Waals surface area contributed by atoms with Crippen LogP contribution in [-0.4, -0.2) is 33.3 Å². The Morgan fingerprint density at radius 1 is 1.17 bits per heavy atom. The van der Waals surface area contributed by atoms with Gasteiger partial charge in [-0.1, -0.05) is 12.1 Å². The molecule has 184 valence electrons. The lowest BCUT2D eigenvalue weighted by Gasteiger charge is -2.19. The van der Waals surface area contributed by atoms with Gasteiger partial charge in [-0.25, -0.2) is 4.79 Å². The number of alkyl halides is 2. The molecule has 10 heteroatoms. The first kappa shape index (κ1) is 24.3. The number of rotatable bonds is 5. The van der Waals surface area contributed by atoms with Crippen molar-refractivity contribution in [3.63, 3.8) is 0 Å². The SMILES string of the molecule is CC(=O)O.CC1NCc2cc(-c3ccc4c(=O)c(C(=O)O)cn(C5CC5)c4c3OC(F)F)ccc21. The summed E-state index contributed by atoms with van der Waals surface area (Å²) in [4.78, 5) is 33.4. The number of nitrogens with one attached hydrogen (secondary N) is 1. The largest absolute Gasteiger partial charge is 0.481 e. The highest BCUT2D eigenvalue weighted by molar-refractivity contribution is 5.97. The molecule has 0 amide bonds. The Hall–Kier alpha value is -3.79. The molecule has 0 bridgehead atoms. The molecule has 5 rings (SSSR count). The molecule has 1 saturated carbocycles. The van der Waals surface area contributed by atoms with Crippen molar-refractivity contribution in [2.24, 2.45) is 0 Å². The number of hydrogen-bond donors (Lipinski definition) is 3. The first-order valence-corrected chi connectivity index (χ1v) is 11.0. The Morgan fingerprint density at radius 2 is 1.86 bits per heavy atom. The molecular weight excluding hydrogens is 462 g/mol. The summed E-state index contributed by atoms with van der Waals surface area (Å²) in [7, 11) is 0. The van der Waals surface area contributed by atoms with Crippen LogP contribution in [0.2, 0.25) is 0 Å². The first-order valence-electron chi connectivity index (χ1n) is 11.0. The highest BCUT2D eigenvalue weighted by atomic mass is 19.3. The molecule has 1 aliphatic carbocycles. The second kappa shape index (κ2) is 9.46. The third kappa shape index (κ3) is 4.88. The number of hydrogen-bond acceptors (Lipinski definition) is 5. The summed E-state index contributed by atoms with van der Waals surface area (Å²) in [6.45, 7) is 0.723. The van der Waals surface area contributed by atoms with Crippen LogP contribution in [0.4, 0.5) is 8.78 Å². The Labute approximate surface area is 198 Å². The molecular formula is C25H24F2N2O6. The third-order valence-electron chi connectivity index (χ3n) is 6.04. The Morgan fingerprint density at radius 3 is 2.46 bits per heavy atom. The van der Waals surface area contributed by atoms with E-state index < -0.39 is 24.0 Å². The van der Waals surface area contributed by atoms with Crippen molar-refractivity contribution in [3.05, 3.63) is 63.4 Å². The predicted octanol–water partition coefficient (Wildman–Crippen LogP) is 4.56. The van der Waals surface area contributed by atoms with E-state index in [1.165, 1.54) is 12.3 Å². The summed E-state index contributed by atoms with van der Waals surface area (Å²) in [6.07, 6.45) is 2.80. The minimum atomic E-state index is -3.10. The van der Waals surface area contributed by atoms with Gasteiger partial charge in [-0.3, -0.25) is 9.59 Å². The van der Waals surface area contributed by atoms with Gasteiger partial charge in [-0.15, -0.1) is 0 Å². The zero-order valence-corrected chi connectivity index (χ0v) is 19.0. The Bertz CT molecular complexity index is 1380. The van der Waals surface area contributed by atoms with Crippen LogP contribution in [-0.2, 0) is 11.3 Å². The lowest BCUT2D eigenvalue weighted by Crippen LogP contribution is -2.19. The maximum Gasteiger partial charge on any atom is 0.387 e. The van der Waals surface area contributed by atoms with Crippen LogP contribution in [0.15, 0.2) is 41.3 Å². The van der Waals surface area contributed by atoms with Crippen LogP contribution in [0, 0.1) is 0 Å². The highest BCUT2D eigenvalue weighted by Crippen LogP contribution is 2.43. The van der Waals surface area contributed by atoms with Gasteiger partial charge in [0.25, 0.3) is 5.97 Å². The minimum Gasteiger partial charge on any atom is -0.481 e. The number of pyridine rings is 1. The van der Waals surface area contributed by atoms with E-state index in [4.69, 9.17) is 14.6 Å². The summed E-state index contributed by atoms with van der Waals surface area (Å²) in [6, 6.07) is 8.98. The molecule has 0 saturated heterocycles. The van der Waals surface area contributed by atoms with Crippen molar-refractivity contribution in [1.29, 1.82) is 0 Å². The van der Waals surface area contributed by atoms with E-state index in [2.05, 4.69) is 12.2 Å².